The average molecular weight is 291 g/mol. The van der Waals surface area contributed by atoms with Crippen molar-refractivity contribution in [3.8, 4) is 5.75 Å². The van der Waals surface area contributed by atoms with E-state index in [4.69, 9.17) is 4.74 Å². The Hall–Kier alpha value is -1.71. The third-order valence-electron chi connectivity index (χ3n) is 2.74. The van der Waals surface area contributed by atoms with Crippen LogP contribution in [0.1, 0.15) is 40.2 Å². The molecule has 0 aliphatic carbocycles. The minimum atomic E-state index is 0.203. The zero-order valence-corrected chi connectivity index (χ0v) is 13.9. The molecule has 0 amide bonds. The lowest BCUT2D eigenvalue weighted by Crippen LogP contribution is -2.39. The predicted octanol–water partition coefficient (Wildman–Crippen LogP) is 3.18. The Kier molecular flexibility index (Phi) is 7.65. The summed E-state index contributed by atoms with van der Waals surface area (Å²) < 4.78 is 5.64. The van der Waals surface area contributed by atoms with Crippen LogP contribution in [0.15, 0.2) is 29.3 Å². The van der Waals surface area contributed by atoms with Crippen LogP contribution in [0.2, 0.25) is 0 Å². The van der Waals surface area contributed by atoms with E-state index in [0.29, 0.717) is 12.5 Å². The van der Waals surface area contributed by atoms with E-state index >= 15 is 0 Å². The summed E-state index contributed by atoms with van der Waals surface area (Å²) in [5, 5.41) is 6.60. The summed E-state index contributed by atoms with van der Waals surface area (Å²) in [7, 11) is 0. The normalized spacial score (nSPS) is 11.9. The molecule has 0 radical (unpaired) electrons. The Morgan fingerprint density at radius 2 is 1.76 bits per heavy atom. The van der Waals surface area contributed by atoms with Crippen molar-refractivity contribution in [1.82, 2.24) is 10.6 Å². The molecule has 0 fully saturated rings. The van der Waals surface area contributed by atoms with Gasteiger partial charge in [0.25, 0.3) is 0 Å². The first-order valence-electron chi connectivity index (χ1n) is 7.79. The van der Waals surface area contributed by atoms with E-state index in [-0.39, 0.29) is 6.10 Å². The molecule has 0 atom stereocenters. The Bertz CT molecular complexity index is 424. The van der Waals surface area contributed by atoms with E-state index in [1.807, 2.05) is 26.0 Å². The van der Waals surface area contributed by atoms with Gasteiger partial charge in [0, 0.05) is 13.1 Å². The second-order valence-electron chi connectivity index (χ2n) is 5.78. The molecule has 0 bridgehead atoms. The maximum atomic E-state index is 5.64. The Morgan fingerprint density at radius 1 is 1.10 bits per heavy atom. The molecule has 4 nitrogen and oxygen atoms in total. The third-order valence-corrected chi connectivity index (χ3v) is 2.74. The van der Waals surface area contributed by atoms with Gasteiger partial charge >= 0.3 is 0 Å². The predicted molar refractivity (Wildman–Crippen MR) is 89.9 cm³/mol. The van der Waals surface area contributed by atoms with Gasteiger partial charge in [-0.15, -0.1) is 0 Å². The molecular formula is C17H29N3O. The van der Waals surface area contributed by atoms with E-state index in [1.54, 1.807) is 0 Å². The van der Waals surface area contributed by atoms with E-state index in [1.165, 1.54) is 5.56 Å². The molecule has 0 aliphatic rings. The lowest BCUT2D eigenvalue weighted by molar-refractivity contribution is 0.242. The number of hydrogen-bond acceptors (Lipinski definition) is 2. The first-order valence-corrected chi connectivity index (χ1v) is 7.79. The highest BCUT2D eigenvalue weighted by Gasteiger charge is 2.00. The van der Waals surface area contributed by atoms with Crippen LogP contribution in [0.3, 0.4) is 0 Å². The molecule has 118 valence electrons. The summed E-state index contributed by atoms with van der Waals surface area (Å²) in [6.07, 6.45) is 0.203. The van der Waals surface area contributed by atoms with Gasteiger partial charge < -0.3 is 15.4 Å². The quantitative estimate of drug-likeness (QED) is 0.599. The first kappa shape index (κ1) is 17.3. The molecule has 1 aromatic rings. The average Bonchev–Trinajstić information content (AvgIpc) is 2.43. The molecular weight excluding hydrogens is 262 g/mol. The second kappa shape index (κ2) is 9.27. The Balaban J connectivity index is 2.58. The zero-order chi connectivity index (χ0) is 15.7. The molecule has 1 rings (SSSR count). The summed E-state index contributed by atoms with van der Waals surface area (Å²) in [4.78, 5) is 4.60. The van der Waals surface area contributed by atoms with Gasteiger partial charge in [-0.3, -0.25) is 0 Å². The van der Waals surface area contributed by atoms with E-state index in [0.717, 1.165) is 24.8 Å². The lowest BCUT2D eigenvalue weighted by Gasteiger charge is -2.13. The molecule has 0 saturated carbocycles. The zero-order valence-electron chi connectivity index (χ0n) is 13.9. The SMILES string of the molecule is CCNC(=NCc1ccc(OC(C)C)cc1)NCC(C)C. The van der Waals surface area contributed by atoms with E-state index in [2.05, 4.69) is 48.5 Å². The maximum absolute atomic E-state index is 5.64. The summed E-state index contributed by atoms with van der Waals surface area (Å²) in [5.74, 6) is 2.37. The Labute approximate surface area is 129 Å². The van der Waals surface area contributed by atoms with Crippen molar-refractivity contribution in [2.75, 3.05) is 13.1 Å². The summed E-state index contributed by atoms with van der Waals surface area (Å²) in [6.45, 7) is 13.0. The molecule has 4 heteroatoms. The van der Waals surface area contributed by atoms with Crippen LogP contribution in [0.4, 0.5) is 0 Å². The summed E-state index contributed by atoms with van der Waals surface area (Å²) >= 11 is 0. The number of nitrogens with one attached hydrogen (secondary N) is 2. The molecule has 1 aromatic carbocycles. The molecule has 2 N–H and O–H groups in total. The largest absolute Gasteiger partial charge is 0.491 e. The highest BCUT2D eigenvalue weighted by atomic mass is 16.5. The number of rotatable bonds is 7. The van der Waals surface area contributed by atoms with Crippen molar-refractivity contribution in [3.05, 3.63) is 29.8 Å². The van der Waals surface area contributed by atoms with Crippen LogP contribution in [0.5, 0.6) is 5.75 Å². The fourth-order valence-electron chi connectivity index (χ4n) is 1.76. The third kappa shape index (κ3) is 7.59. The van der Waals surface area contributed by atoms with Crippen LogP contribution < -0.4 is 15.4 Å². The maximum Gasteiger partial charge on any atom is 0.191 e. The van der Waals surface area contributed by atoms with Gasteiger partial charge in [-0.2, -0.15) is 0 Å². The van der Waals surface area contributed by atoms with Crippen molar-refractivity contribution in [2.45, 2.75) is 47.3 Å². The van der Waals surface area contributed by atoms with Crippen molar-refractivity contribution in [3.63, 3.8) is 0 Å². The molecule has 21 heavy (non-hydrogen) atoms. The van der Waals surface area contributed by atoms with Gasteiger partial charge in [-0.25, -0.2) is 4.99 Å². The molecule has 0 aliphatic heterocycles. The molecule has 0 unspecified atom stereocenters. The van der Waals surface area contributed by atoms with Gasteiger partial charge in [0.15, 0.2) is 5.96 Å². The van der Waals surface area contributed by atoms with Crippen molar-refractivity contribution >= 4 is 5.96 Å². The van der Waals surface area contributed by atoms with Gasteiger partial charge in [0.05, 0.1) is 12.6 Å². The van der Waals surface area contributed by atoms with E-state index < -0.39 is 0 Å². The van der Waals surface area contributed by atoms with Crippen molar-refractivity contribution in [2.24, 2.45) is 10.9 Å². The fourth-order valence-corrected chi connectivity index (χ4v) is 1.76. The number of aliphatic imine (C=N–C) groups is 1. The van der Waals surface area contributed by atoms with Crippen LogP contribution in [-0.4, -0.2) is 25.2 Å². The minimum Gasteiger partial charge on any atom is -0.491 e. The topological polar surface area (TPSA) is 45.7 Å². The van der Waals surface area contributed by atoms with Crippen LogP contribution in [0, 0.1) is 5.92 Å². The van der Waals surface area contributed by atoms with Crippen LogP contribution >= 0.6 is 0 Å². The smallest absolute Gasteiger partial charge is 0.191 e. The van der Waals surface area contributed by atoms with Crippen LogP contribution in [0.25, 0.3) is 0 Å². The number of benzene rings is 1. The first-order chi connectivity index (χ1) is 10.0. The number of hydrogen-bond donors (Lipinski definition) is 2. The van der Waals surface area contributed by atoms with Crippen LogP contribution in [-0.2, 0) is 6.54 Å². The van der Waals surface area contributed by atoms with Crippen molar-refractivity contribution < 1.29 is 4.74 Å². The monoisotopic (exact) mass is 291 g/mol. The number of ether oxygens (including phenoxy) is 1. The highest BCUT2D eigenvalue weighted by Crippen LogP contribution is 2.14. The lowest BCUT2D eigenvalue weighted by atomic mass is 10.2. The van der Waals surface area contributed by atoms with Gasteiger partial charge in [-0.1, -0.05) is 26.0 Å². The minimum absolute atomic E-state index is 0.203. The second-order valence-corrected chi connectivity index (χ2v) is 5.78. The number of nitrogens with zero attached hydrogens (tertiary/aromatic N) is 1. The van der Waals surface area contributed by atoms with Gasteiger partial charge in [0.1, 0.15) is 5.75 Å². The molecule has 0 aromatic heterocycles. The summed E-state index contributed by atoms with van der Waals surface area (Å²) in [5.41, 5.74) is 1.17. The van der Waals surface area contributed by atoms with Crippen molar-refractivity contribution in [1.29, 1.82) is 0 Å². The van der Waals surface area contributed by atoms with E-state index in [9.17, 15) is 0 Å². The van der Waals surface area contributed by atoms with Gasteiger partial charge in [0.2, 0.25) is 0 Å². The molecule has 0 heterocycles. The number of guanidine groups is 1. The summed E-state index contributed by atoms with van der Waals surface area (Å²) in [6, 6.07) is 8.12. The molecule has 0 spiro atoms. The fraction of sp³-hybridized carbons (Fsp3) is 0.588. The Morgan fingerprint density at radius 3 is 2.29 bits per heavy atom. The van der Waals surface area contributed by atoms with Gasteiger partial charge in [-0.05, 0) is 44.4 Å². The highest BCUT2D eigenvalue weighted by molar-refractivity contribution is 5.79. The molecule has 0 saturated heterocycles. The standard InChI is InChI=1S/C17H29N3O/c1-6-18-17(19-11-13(2)3)20-12-15-7-9-16(10-8-15)21-14(4)5/h7-10,13-14H,6,11-12H2,1-5H3,(H2,18,19,20).